The van der Waals surface area contributed by atoms with E-state index in [-0.39, 0.29) is 10.7 Å². The third-order valence-corrected chi connectivity index (χ3v) is 3.62. The van der Waals surface area contributed by atoms with Crippen molar-refractivity contribution in [1.82, 2.24) is 0 Å². The van der Waals surface area contributed by atoms with Crippen LogP contribution in [0.4, 0.5) is 11.4 Å². The molecule has 0 bridgehead atoms. The summed E-state index contributed by atoms with van der Waals surface area (Å²) < 4.78 is 0. The van der Waals surface area contributed by atoms with Gasteiger partial charge >= 0.3 is 0 Å². The minimum absolute atomic E-state index is 0.0647. The number of halogens is 1. The van der Waals surface area contributed by atoms with Crippen LogP contribution in [0.15, 0.2) is 18.2 Å². The standard InChI is InChI=1S/C12H16ClN3O2/c13-11-6-10(3-4-12(11)16(17)18)15-7-8-1-2-9(14)5-8/h3-4,6,8-9,15H,1-2,5,7,14H2. The highest BCUT2D eigenvalue weighted by Gasteiger charge is 2.21. The minimum atomic E-state index is -0.484. The Balaban J connectivity index is 1.94. The lowest BCUT2D eigenvalue weighted by Gasteiger charge is -2.12. The van der Waals surface area contributed by atoms with E-state index in [0.717, 1.165) is 31.5 Å². The molecular weight excluding hydrogens is 254 g/mol. The van der Waals surface area contributed by atoms with Crippen molar-refractivity contribution in [2.75, 3.05) is 11.9 Å². The maximum atomic E-state index is 10.6. The lowest BCUT2D eigenvalue weighted by Crippen LogP contribution is -2.17. The SMILES string of the molecule is NC1CCC(CNc2ccc([N+](=O)[O-])c(Cl)c2)C1. The molecule has 1 aliphatic carbocycles. The number of anilines is 1. The predicted octanol–water partition coefficient (Wildman–Crippen LogP) is 2.79. The molecule has 0 saturated heterocycles. The Bertz CT molecular complexity index is 453. The van der Waals surface area contributed by atoms with Gasteiger partial charge in [-0.15, -0.1) is 0 Å². The average Bonchev–Trinajstić information content (AvgIpc) is 2.72. The lowest BCUT2D eigenvalue weighted by molar-refractivity contribution is -0.384. The second-order valence-electron chi connectivity index (χ2n) is 4.74. The molecule has 1 aromatic carbocycles. The van der Waals surface area contributed by atoms with Crippen LogP contribution in [0, 0.1) is 16.0 Å². The first-order valence-electron chi connectivity index (χ1n) is 5.99. The average molecular weight is 270 g/mol. The molecule has 0 aromatic heterocycles. The number of nitro benzene ring substituents is 1. The largest absolute Gasteiger partial charge is 0.385 e. The maximum absolute atomic E-state index is 10.6. The van der Waals surface area contributed by atoms with Gasteiger partial charge in [-0.3, -0.25) is 10.1 Å². The zero-order valence-electron chi connectivity index (χ0n) is 9.93. The minimum Gasteiger partial charge on any atom is -0.385 e. The molecular formula is C12H16ClN3O2. The Kier molecular flexibility index (Phi) is 4.04. The van der Waals surface area contributed by atoms with Gasteiger partial charge in [-0.1, -0.05) is 11.6 Å². The summed E-state index contributed by atoms with van der Waals surface area (Å²) in [5.74, 6) is 0.578. The fourth-order valence-electron chi connectivity index (χ4n) is 2.33. The van der Waals surface area contributed by atoms with Gasteiger partial charge in [0.1, 0.15) is 5.02 Å². The van der Waals surface area contributed by atoms with Gasteiger partial charge in [0.05, 0.1) is 4.92 Å². The van der Waals surface area contributed by atoms with Gasteiger partial charge in [0.2, 0.25) is 0 Å². The van der Waals surface area contributed by atoms with Crippen LogP contribution in [0.2, 0.25) is 5.02 Å². The number of nitrogens with zero attached hydrogens (tertiary/aromatic N) is 1. The quantitative estimate of drug-likeness (QED) is 0.650. The van der Waals surface area contributed by atoms with Crippen LogP contribution >= 0.6 is 11.6 Å². The predicted molar refractivity (Wildman–Crippen MR) is 71.9 cm³/mol. The van der Waals surface area contributed by atoms with Gasteiger partial charge < -0.3 is 11.1 Å². The molecule has 1 fully saturated rings. The molecule has 0 heterocycles. The van der Waals surface area contributed by atoms with Gasteiger partial charge in [-0.05, 0) is 37.3 Å². The van der Waals surface area contributed by atoms with Crippen LogP contribution in [0.3, 0.4) is 0 Å². The zero-order valence-corrected chi connectivity index (χ0v) is 10.7. The normalized spacial score (nSPS) is 23.0. The zero-order chi connectivity index (χ0) is 13.1. The first kappa shape index (κ1) is 13.1. The summed E-state index contributed by atoms with van der Waals surface area (Å²) in [6.45, 7) is 0.835. The van der Waals surface area contributed by atoms with Crippen molar-refractivity contribution in [3.8, 4) is 0 Å². The Morgan fingerprint density at radius 2 is 2.28 bits per heavy atom. The molecule has 0 spiro atoms. The maximum Gasteiger partial charge on any atom is 0.288 e. The van der Waals surface area contributed by atoms with Crippen molar-refractivity contribution in [3.05, 3.63) is 33.3 Å². The number of hydrogen-bond donors (Lipinski definition) is 2. The fraction of sp³-hybridized carbons (Fsp3) is 0.500. The second kappa shape index (κ2) is 5.54. The molecule has 0 radical (unpaired) electrons. The van der Waals surface area contributed by atoms with Crippen molar-refractivity contribution in [3.63, 3.8) is 0 Å². The van der Waals surface area contributed by atoms with E-state index in [2.05, 4.69) is 5.32 Å². The number of nitrogens with two attached hydrogens (primary N) is 1. The topological polar surface area (TPSA) is 81.2 Å². The van der Waals surface area contributed by atoms with E-state index < -0.39 is 4.92 Å². The second-order valence-corrected chi connectivity index (χ2v) is 5.15. The monoisotopic (exact) mass is 269 g/mol. The van der Waals surface area contributed by atoms with Crippen LogP contribution in [0.1, 0.15) is 19.3 Å². The van der Waals surface area contributed by atoms with Crippen molar-refractivity contribution in [2.24, 2.45) is 11.7 Å². The summed E-state index contributed by atoms with van der Waals surface area (Å²) >= 11 is 5.84. The molecule has 0 aliphatic heterocycles. The highest BCUT2D eigenvalue weighted by atomic mass is 35.5. The van der Waals surface area contributed by atoms with E-state index in [1.54, 1.807) is 12.1 Å². The molecule has 3 N–H and O–H groups in total. The van der Waals surface area contributed by atoms with Crippen LogP contribution in [-0.2, 0) is 0 Å². The van der Waals surface area contributed by atoms with E-state index in [9.17, 15) is 10.1 Å². The first-order chi connectivity index (χ1) is 8.56. The summed E-state index contributed by atoms with van der Waals surface area (Å²) in [5, 5.41) is 14.0. The molecule has 6 heteroatoms. The summed E-state index contributed by atoms with van der Waals surface area (Å²) in [5.41, 5.74) is 6.59. The Morgan fingerprint density at radius 3 is 2.83 bits per heavy atom. The number of nitrogens with one attached hydrogen (secondary N) is 1. The van der Waals surface area contributed by atoms with E-state index in [0.29, 0.717) is 12.0 Å². The van der Waals surface area contributed by atoms with Crippen LogP contribution in [0.5, 0.6) is 0 Å². The van der Waals surface area contributed by atoms with Crippen molar-refractivity contribution in [2.45, 2.75) is 25.3 Å². The third kappa shape index (κ3) is 3.11. The van der Waals surface area contributed by atoms with E-state index >= 15 is 0 Å². The summed E-state index contributed by atoms with van der Waals surface area (Å²) in [7, 11) is 0. The van der Waals surface area contributed by atoms with Gasteiger partial charge in [0.15, 0.2) is 0 Å². The van der Waals surface area contributed by atoms with E-state index in [1.807, 2.05) is 0 Å². The molecule has 1 aromatic rings. The van der Waals surface area contributed by atoms with E-state index in [4.69, 9.17) is 17.3 Å². The molecule has 98 valence electrons. The highest BCUT2D eigenvalue weighted by Crippen LogP contribution is 2.28. The molecule has 0 amide bonds. The highest BCUT2D eigenvalue weighted by molar-refractivity contribution is 6.32. The molecule has 2 unspecified atom stereocenters. The number of nitro groups is 1. The summed E-state index contributed by atoms with van der Waals surface area (Å²) in [6.07, 6.45) is 3.25. The fourth-order valence-corrected chi connectivity index (χ4v) is 2.58. The summed E-state index contributed by atoms with van der Waals surface area (Å²) in [6, 6.07) is 5.01. The van der Waals surface area contributed by atoms with E-state index in [1.165, 1.54) is 6.07 Å². The van der Waals surface area contributed by atoms with Crippen LogP contribution in [0.25, 0.3) is 0 Å². The lowest BCUT2D eigenvalue weighted by atomic mass is 10.1. The Morgan fingerprint density at radius 1 is 1.50 bits per heavy atom. The number of hydrogen-bond acceptors (Lipinski definition) is 4. The van der Waals surface area contributed by atoms with Crippen molar-refractivity contribution in [1.29, 1.82) is 0 Å². The Labute approximate surface area is 110 Å². The van der Waals surface area contributed by atoms with Crippen molar-refractivity contribution < 1.29 is 4.92 Å². The number of benzene rings is 1. The first-order valence-corrected chi connectivity index (χ1v) is 6.37. The van der Waals surface area contributed by atoms with Gasteiger partial charge in [-0.2, -0.15) is 0 Å². The van der Waals surface area contributed by atoms with Crippen LogP contribution < -0.4 is 11.1 Å². The molecule has 2 rings (SSSR count). The molecule has 5 nitrogen and oxygen atoms in total. The third-order valence-electron chi connectivity index (χ3n) is 3.32. The molecule has 18 heavy (non-hydrogen) atoms. The number of rotatable bonds is 4. The smallest absolute Gasteiger partial charge is 0.288 e. The van der Waals surface area contributed by atoms with Gasteiger partial charge in [0.25, 0.3) is 5.69 Å². The van der Waals surface area contributed by atoms with Gasteiger partial charge in [0, 0.05) is 24.3 Å². The van der Waals surface area contributed by atoms with Crippen LogP contribution in [-0.4, -0.2) is 17.5 Å². The summed E-state index contributed by atoms with van der Waals surface area (Å²) in [4.78, 5) is 10.1. The van der Waals surface area contributed by atoms with Crippen molar-refractivity contribution >= 4 is 23.0 Å². The molecule has 2 atom stereocenters. The van der Waals surface area contributed by atoms with Gasteiger partial charge in [-0.25, -0.2) is 0 Å². The molecule has 1 aliphatic rings. The molecule has 1 saturated carbocycles. The Hall–Kier alpha value is -1.33.